The molecule has 1 atom stereocenters. The molecule has 148 valence electrons. The number of hydrogen-bond acceptors (Lipinski definition) is 4. The van der Waals surface area contributed by atoms with Crippen molar-refractivity contribution in [1.29, 1.82) is 0 Å². The number of benzene rings is 1. The molecule has 1 spiro atoms. The Kier molecular flexibility index (Phi) is 5.03. The Morgan fingerprint density at radius 1 is 1.15 bits per heavy atom. The lowest BCUT2D eigenvalue weighted by Crippen LogP contribution is -2.47. The van der Waals surface area contributed by atoms with Gasteiger partial charge in [-0.25, -0.2) is 8.42 Å². The summed E-state index contributed by atoms with van der Waals surface area (Å²) in [6, 6.07) is 6.98. The minimum atomic E-state index is -3.47. The van der Waals surface area contributed by atoms with E-state index >= 15 is 0 Å². The molecular weight excluding hydrogens is 364 g/mol. The van der Waals surface area contributed by atoms with Gasteiger partial charge in [0.25, 0.3) is 0 Å². The Bertz CT molecular complexity index is 794. The van der Waals surface area contributed by atoms with Gasteiger partial charge in [0.1, 0.15) is 6.10 Å². The van der Waals surface area contributed by atoms with E-state index in [9.17, 15) is 13.2 Å². The number of carbonyl (C=O) groups is 1. The Balaban J connectivity index is 1.34. The first-order chi connectivity index (χ1) is 12.9. The van der Waals surface area contributed by atoms with E-state index in [1.807, 2.05) is 19.1 Å². The van der Waals surface area contributed by atoms with Gasteiger partial charge in [0, 0.05) is 19.6 Å². The van der Waals surface area contributed by atoms with Crippen LogP contribution in [-0.2, 0) is 19.6 Å². The van der Waals surface area contributed by atoms with E-state index in [0.29, 0.717) is 36.7 Å². The first-order valence-electron chi connectivity index (χ1n) is 9.90. The first-order valence-corrected chi connectivity index (χ1v) is 11.3. The Hall–Kier alpha value is -1.44. The van der Waals surface area contributed by atoms with Gasteiger partial charge in [-0.05, 0) is 63.5 Å². The van der Waals surface area contributed by atoms with E-state index in [0.717, 1.165) is 24.9 Å². The third kappa shape index (κ3) is 4.05. The molecule has 2 heterocycles. The highest BCUT2D eigenvalue weighted by Gasteiger charge is 2.46. The quantitative estimate of drug-likeness (QED) is 0.834. The lowest BCUT2D eigenvalue weighted by Gasteiger charge is -2.38. The van der Waals surface area contributed by atoms with Gasteiger partial charge in [0.05, 0.1) is 10.5 Å². The molecule has 1 aromatic rings. The van der Waals surface area contributed by atoms with Crippen LogP contribution in [0.15, 0.2) is 29.2 Å². The average molecular weight is 393 g/mol. The van der Waals surface area contributed by atoms with Crippen molar-refractivity contribution in [2.24, 2.45) is 5.92 Å². The van der Waals surface area contributed by atoms with E-state index in [2.05, 4.69) is 5.32 Å². The number of hydrogen-bond donors (Lipinski definition) is 1. The fourth-order valence-corrected chi connectivity index (χ4v) is 5.48. The van der Waals surface area contributed by atoms with E-state index in [4.69, 9.17) is 4.74 Å². The lowest BCUT2D eigenvalue weighted by molar-refractivity contribution is -0.139. The fourth-order valence-electron chi connectivity index (χ4n) is 4.04. The van der Waals surface area contributed by atoms with Crippen LogP contribution in [0.5, 0.6) is 0 Å². The van der Waals surface area contributed by atoms with Crippen molar-refractivity contribution in [2.75, 3.05) is 19.6 Å². The number of ether oxygens (including phenoxy) is 1. The molecule has 1 saturated carbocycles. The monoisotopic (exact) mass is 392 g/mol. The van der Waals surface area contributed by atoms with E-state index in [1.165, 1.54) is 12.8 Å². The summed E-state index contributed by atoms with van der Waals surface area (Å²) in [6.45, 7) is 3.57. The Labute approximate surface area is 161 Å². The fraction of sp³-hybridized carbons (Fsp3) is 0.650. The number of piperidine rings is 1. The zero-order valence-corrected chi connectivity index (χ0v) is 16.6. The zero-order chi connectivity index (χ0) is 19.1. The third-order valence-corrected chi connectivity index (χ3v) is 8.01. The molecule has 27 heavy (non-hydrogen) atoms. The largest absolute Gasteiger partial charge is 0.362 e. The normalized spacial score (nSPS) is 25.6. The molecule has 3 aliphatic rings. The van der Waals surface area contributed by atoms with E-state index in [1.54, 1.807) is 16.4 Å². The number of rotatable bonds is 5. The van der Waals surface area contributed by atoms with Gasteiger partial charge in [-0.2, -0.15) is 4.31 Å². The predicted octanol–water partition coefficient (Wildman–Crippen LogP) is 2.22. The van der Waals surface area contributed by atoms with Gasteiger partial charge < -0.3 is 10.1 Å². The maximum Gasteiger partial charge on any atom is 0.249 e. The second-order valence-electron chi connectivity index (χ2n) is 8.23. The van der Waals surface area contributed by atoms with Crippen molar-refractivity contribution in [3.8, 4) is 0 Å². The van der Waals surface area contributed by atoms with Crippen LogP contribution in [-0.4, -0.2) is 50.0 Å². The summed E-state index contributed by atoms with van der Waals surface area (Å²) < 4.78 is 33.4. The summed E-state index contributed by atoms with van der Waals surface area (Å²) in [5.74, 6) is 0.646. The van der Waals surface area contributed by atoms with Crippen LogP contribution < -0.4 is 5.32 Å². The Morgan fingerprint density at radius 2 is 1.81 bits per heavy atom. The molecule has 2 aliphatic heterocycles. The number of aryl methyl sites for hydroxylation is 1. The molecule has 1 aliphatic carbocycles. The van der Waals surface area contributed by atoms with Crippen LogP contribution in [0, 0.1) is 12.8 Å². The van der Waals surface area contributed by atoms with Crippen LogP contribution in [0.3, 0.4) is 0 Å². The molecule has 0 bridgehead atoms. The van der Waals surface area contributed by atoms with Gasteiger partial charge in [-0.15, -0.1) is 0 Å². The standard InChI is InChI=1S/C20H28N2O4S/c1-15-2-6-17(7-3-15)27(24,25)22-12-10-20(11-13-22)9-8-18(26-20)19(23)21-14-16-4-5-16/h2-3,6-7,16,18H,4-5,8-14H2,1H3,(H,21,23). The highest BCUT2D eigenvalue weighted by molar-refractivity contribution is 7.89. The molecule has 0 radical (unpaired) electrons. The number of nitrogens with zero attached hydrogens (tertiary/aromatic N) is 1. The molecule has 1 aromatic carbocycles. The number of amides is 1. The summed E-state index contributed by atoms with van der Waals surface area (Å²) in [7, 11) is -3.47. The lowest BCUT2D eigenvalue weighted by atomic mass is 9.89. The maximum absolute atomic E-state index is 12.9. The number of sulfonamides is 1. The summed E-state index contributed by atoms with van der Waals surface area (Å²) in [6.07, 6.45) is 4.87. The molecule has 1 unspecified atom stereocenters. The van der Waals surface area contributed by atoms with Crippen molar-refractivity contribution >= 4 is 15.9 Å². The summed E-state index contributed by atoms with van der Waals surface area (Å²) in [5.41, 5.74) is 0.692. The minimum absolute atomic E-state index is 0.00604. The van der Waals surface area contributed by atoms with E-state index < -0.39 is 10.0 Å². The molecular formula is C20H28N2O4S. The number of nitrogens with one attached hydrogen (secondary N) is 1. The second kappa shape index (κ2) is 7.18. The smallest absolute Gasteiger partial charge is 0.249 e. The molecule has 2 saturated heterocycles. The number of carbonyl (C=O) groups excluding carboxylic acids is 1. The Morgan fingerprint density at radius 3 is 2.44 bits per heavy atom. The highest BCUT2D eigenvalue weighted by Crippen LogP contribution is 2.40. The van der Waals surface area contributed by atoms with Gasteiger partial charge in [0.2, 0.25) is 15.9 Å². The second-order valence-corrected chi connectivity index (χ2v) is 10.2. The van der Waals surface area contributed by atoms with Crippen molar-refractivity contribution in [2.45, 2.75) is 62.0 Å². The third-order valence-electron chi connectivity index (χ3n) is 6.10. The average Bonchev–Trinajstić information content (AvgIpc) is 3.41. The predicted molar refractivity (Wildman–Crippen MR) is 102 cm³/mol. The maximum atomic E-state index is 12.9. The van der Waals surface area contributed by atoms with Gasteiger partial charge >= 0.3 is 0 Å². The van der Waals surface area contributed by atoms with Gasteiger partial charge in [-0.3, -0.25) is 4.79 Å². The van der Waals surface area contributed by atoms with Crippen LogP contribution in [0.25, 0.3) is 0 Å². The summed E-state index contributed by atoms with van der Waals surface area (Å²) >= 11 is 0. The summed E-state index contributed by atoms with van der Waals surface area (Å²) in [4.78, 5) is 12.6. The molecule has 0 aromatic heterocycles. The van der Waals surface area contributed by atoms with Crippen LogP contribution >= 0.6 is 0 Å². The van der Waals surface area contributed by atoms with Crippen LogP contribution in [0.2, 0.25) is 0 Å². The van der Waals surface area contributed by atoms with Crippen molar-refractivity contribution in [3.05, 3.63) is 29.8 Å². The van der Waals surface area contributed by atoms with Crippen LogP contribution in [0.1, 0.15) is 44.1 Å². The molecule has 7 heteroatoms. The van der Waals surface area contributed by atoms with Gasteiger partial charge in [-0.1, -0.05) is 17.7 Å². The van der Waals surface area contributed by atoms with Gasteiger partial charge in [0.15, 0.2) is 0 Å². The zero-order valence-electron chi connectivity index (χ0n) is 15.8. The molecule has 6 nitrogen and oxygen atoms in total. The SMILES string of the molecule is Cc1ccc(S(=O)(=O)N2CCC3(CCC(C(=O)NCC4CC4)O3)CC2)cc1. The van der Waals surface area contributed by atoms with Crippen molar-refractivity contribution in [1.82, 2.24) is 9.62 Å². The summed E-state index contributed by atoms with van der Waals surface area (Å²) in [5, 5.41) is 3.00. The molecule has 1 amide bonds. The van der Waals surface area contributed by atoms with Crippen molar-refractivity contribution in [3.63, 3.8) is 0 Å². The van der Waals surface area contributed by atoms with Crippen LogP contribution in [0.4, 0.5) is 0 Å². The molecule has 1 N–H and O–H groups in total. The first kappa shape index (κ1) is 18.9. The highest BCUT2D eigenvalue weighted by atomic mass is 32.2. The van der Waals surface area contributed by atoms with Crippen molar-refractivity contribution < 1.29 is 17.9 Å². The molecule has 4 rings (SSSR count). The van der Waals surface area contributed by atoms with E-state index in [-0.39, 0.29) is 17.6 Å². The topological polar surface area (TPSA) is 75.7 Å². The minimum Gasteiger partial charge on any atom is -0.362 e. The molecule has 3 fully saturated rings.